The van der Waals surface area contributed by atoms with Crippen LogP contribution in [0.2, 0.25) is 5.02 Å². The van der Waals surface area contributed by atoms with E-state index in [0.29, 0.717) is 23.3 Å². The first kappa shape index (κ1) is 10.3. The van der Waals surface area contributed by atoms with E-state index in [-0.39, 0.29) is 10.8 Å². The van der Waals surface area contributed by atoms with Gasteiger partial charge < -0.3 is 5.11 Å². The van der Waals surface area contributed by atoms with E-state index in [1.807, 2.05) is 0 Å². The fraction of sp³-hybridized carbons (Fsp3) is 0.400. The highest BCUT2D eigenvalue weighted by Crippen LogP contribution is 2.34. The molecule has 1 aliphatic heterocycles. The van der Waals surface area contributed by atoms with Gasteiger partial charge >= 0.3 is 0 Å². The van der Waals surface area contributed by atoms with Crippen LogP contribution in [0, 0.1) is 5.82 Å². The Balaban J connectivity index is 2.53. The highest BCUT2D eigenvalue weighted by atomic mass is 35.5. The molecule has 4 heteroatoms. The Hall–Kier alpha value is -0.250. The van der Waals surface area contributed by atoms with Crippen LogP contribution in [0.15, 0.2) is 12.1 Å². The molecule has 0 saturated carbocycles. The van der Waals surface area contributed by atoms with Crippen molar-refractivity contribution in [3.05, 3.63) is 34.1 Å². The first-order valence-electron chi connectivity index (χ1n) is 4.42. The largest absolute Gasteiger partial charge is 0.388 e. The monoisotopic (exact) mass is 232 g/mol. The molecule has 0 aliphatic carbocycles. The maximum atomic E-state index is 13.6. The number of fused-ring (bicyclic) bond motifs is 1. The SMILES string of the molecule is OC1CCSCc2c1ccc(Cl)c2F. The normalized spacial score (nSPS) is 21.5. The van der Waals surface area contributed by atoms with Crippen molar-refractivity contribution >= 4 is 23.4 Å². The molecule has 1 heterocycles. The fourth-order valence-electron chi connectivity index (χ4n) is 1.59. The van der Waals surface area contributed by atoms with E-state index in [1.165, 1.54) is 6.07 Å². The molecule has 0 spiro atoms. The first-order valence-corrected chi connectivity index (χ1v) is 5.96. The molecule has 1 aliphatic rings. The number of hydrogen-bond donors (Lipinski definition) is 1. The topological polar surface area (TPSA) is 20.2 Å². The lowest BCUT2D eigenvalue weighted by Gasteiger charge is -2.12. The van der Waals surface area contributed by atoms with Crippen molar-refractivity contribution < 1.29 is 9.50 Å². The summed E-state index contributed by atoms with van der Waals surface area (Å²) in [5.41, 5.74) is 1.25. The second kappa shape index (κ2) is 4.09. The molecule has 0 fully saturated rings. The molecule has 76 valence electrons. The maximum Gasteiger partial charge on any atom is 0.146 e. The lowest BCUT2D eigenvalue weighted by atomic mass is 10.0. The minimum absolute atomic E-state index is 0.137. The summed E-state index contributed by atoms with van der Waals surface area (Å²) in [6.07, 6.45) is 0.130. The van der Waals surface area contributed by atoms with Crippen molar-refractivity contribution in [3.8, 4) is 0 Å². The third-order valence-electron chi connectivity index (χ3n) is 2.37. The van der Waals surface area contributed by atoms with Crippen molar-refractivity contribution in [1.29, 1.82) is 0 Å². The lowest BCUT2D eigenvalue weighted by Crippen LogP contribution is -2.01. The zero-order valence-electron chi connectivity index (χ0n) is 7.46. The number of rotatable bonds is 0. The molecule has 2 rings (SSSR count). The molecule has 1 aromatic carbocycles. The predicted octanol–water partition coefficient (Wildman–Crippen LogP) is 3.15. The van der Waals surface area contributed by atoms with E-state index in [0.717, 1.165) is 5.75 Å². The van der Waals surface area contributed by atoms with Crippen LogP contribution < -0.4 is 0 Å². The summed E-state index contributed by atoms with van der Waals surface area (Å²) in [6, 6.07) is 3.23. The van der Waals surface area contributed by atoms with Crippen molar-refractivity contribution in [1.82, 2.24) is 0 Å². The minimum atomic E-state index is -0.549. The van der Waals surface area contributed by atoms with Gasteiger partial charge in [0.1, 0.15) is 5.82 Å². The third kappa shape index (κ3) is 1.76. The van der Waals surface area contributed by atoms with Crippen LogP contribution in [0.25, 0.3) is 0 Å². The number of thioether (sulfide) groups is 1. The summed E-state index contributed by atoms with van der Waals surface area (Å²) in [5.74, 6) is 1.07. The average Bonchev–Trinajstić information content (AvgIpc) is 2.35. The molecule has 0 bridgehead atoms. The van der Waals surface area contributed by atoms with Gasteiger partial charge in [0, 0.05) is 11.3 Å². The summed E-state index contributed by atoms with van der Waals surface area (Å²) in [7, 11) is 0. The van der Waals surface area contributed by atoms with E-state index in [9.17, 15) is 9.50 Å². The van der Waals surface area contributed by atoms with Crippen molar-refractivity contribution in [2.45, 2.75) is 18.3 Å². The Labute approximate surface area is 91.3 Å². The van der Waals surface area contributed by atoms with Gasteiger partial charge in [-0.2, -0.15) is 11.8 Å². The highest BCUT2D eigenvalue weighted by Gasteiger charge is 2.20. The molecule has 1 N–H and O–H groups in total. The van der Waals surface area contributed by atoms with Crippen LogP contribution >= 0.6 is 23.4 Å². The Kier molecular flexibility index (Phi) is 3.00. The molecular weight excluding hydrogens is 223 g/mol. The van der Waals surface area contributed by atoms with Gasteiger partial charge in [-0.15, -0.1) is 0 Å². The second-order valence-corrected chi connectivity index (χ2v) is 4.80. The molecule has 1 atom stereocenters. The van der Waals surface area contributed by atoms with E-state index in [2.05, 4.69) is 0 Å². The smallest absolute Gasteiger partial charge is 0.146 e. The predicted molar refractivity (Wildman–Crippen MR) is 57.1 cm³/mol. The van der Waals surface area contributed by atoms with Gasteiger partial charge in [0.25, 0.3) is 0 Å². The Morgan fingerprint density at radius 1 is 1.50 bits per heavy atom. The van der Waals surface area contributed by atoms with E-state index < -0.39 is 6.10 Å². The zero-order chi connectivity index (χ0) is 10.1. The number of benzene rings is 1. The summed E-state index contributed by atoms with van der Waals surface area (Å²) in [5, 5.41) is 9.87. The van der Waals surface area contributed by atoms with Gasteiger partial charge in [-0.3, -0.25) is 0 Å². The standard InChI is InChI=1S/C10H10ClFOS/c11-8-2-1-6-7(10(8)12)5-14-4-3-9(6)13/h1-2,9,13H,3-5H2. The van der Waals surface area contributed by atoms with Crippen molar-refractivity contribution in [3.63, 3.8) is 0 Å². The van der Waals surface area contributed by atoms with Gasteiger partial charge in [-0.25, -0.2) is 4.39 Å². The van der Waals surface area contributed by atoms with Crippen LogP contribution in [-0.2, 0) is 5.75 Å². The van der Waals surface area contributed by atoms with Crippen molar-refractivity contribution in [2.75, 3.05) is 5.75 Å². The number of aliphatic hydroxyl groups excluding tert-OH is 1. The number of aliphatic hydroxyl groups is 1. The number of halogens is 2. The number of hydrogen-bond acceptors (Lipinski definition) is 2. The summed E-state index contributed by atoms with van der Waals surface area (Å²) in [6.45, 7) is 0. The summed E-state index contributed by atoms with van der Waals surface area (Å²) in [4.78, 5) is 0. The van der Waals surface area contributed by atoms with Gasteiger partial charge in [0.05, 0.1) is 11.1 Å². The molecular formula is C10H10ClFOS. The van der Waals surface area contributed by atoms with Crippen LogP contribution in [-0.4, -0.2) is 10.9 Å². The van der Waals surface area contributed by atoms with Crippen LogP contribution in [0.3, 0.4) is 0 Å². The maximum absolute atomic E-state index is 13.6. The van der Waals surface area contributed by atoms with Gasteiger partial charge in [0.15, 0.2) is 0 Å². The Morgan fingerprint density at radius 3 is 3.07 bits per heavy atom. The minimum Gasteiger partial charge on any atom is -0.388 e. The first-order chi connectivity index (χ1) is 6.70. The van der Waals surface area contributed by atoms with Crippen LogP contribution in [0.1, 0.15) is 23.7 Å². The molecule has 0 aromatic heterocycles. The molecule has 1 unspecified atom stereocenters. The summed E-state index contributed by atoms with van der Waals surface area (Å²) >= 11 is 7.31. The molecule has 1 aromatic rings. The summed E-state index contributed by atoms with van der Waals surface area (Å²) < 4.78 is 13.6. The lowest BCUT2D eigenvalue weighted by molar-refractivity contribution is 0.174. The molecule has 0 saturated heterocycles. The Morgan fingerprint density at radius 2 is 2.29 bits per heavy atom. The van der Waals surface area contributed by atoms with Crippen molar-refractivity contribution in [2.24, 2.45) is 0 Å². The molecule has 0 amide bonds. The average molecular weight is 233 g/mol. The molecule has 1 nitrogen and oxygen atoms in total. The fourth-order valence-corrected chi connectivity index (χ4v) is 2.80. The van der Waals surface area contributed by atoms with Crippen LogP contribution in [0.5, 0.6) is 0 Å². The van der Waals surface area contributed by atoms with Gasteiger partial charge in [-0.05, 0) is 23.8 Å². The van der Waals surface area contributed by atoms with Gasteiger partial charge in [-0.1, -0.05) is 17.7 Å². The second-order valence-electron chi connectivity index (χ2n) is 3.29. The highest BCUT2D eigenvalue weighted by molar-refractivity contribution is 7.98. The van der Waals surface area contributed by atoms with E-state index in [4.69, 9.17) is 11.6 Å². The van der Waals surface area contributed by atoms with Gasteiger partial charge in [0.2, 0.25) is 0 Å². The quantitative estimate of drug-likeness (QED) is 0.742. The third-order valence-corrected chi connectivity index (χ3v) is 3.68. The molecule has 14 heavy (non-hydrogen) atoms. The molecule has 0 radical (unpaired) electrons. The Bertz CT molecular complexity index is 356. The van der Waals surface area contributed by atoms with E-state index >= 15 is 0 Å². The van der Waals surface area contributed by atoms with E-state index in [1.54, 1.807) is 17.8 Å². The van der Waals surface area contributed by atoms with Crippen LogP contribution in [0.4, 0.5) is 4.39 Å². The zero-order valence-corrected chi connectivity index (χ0v) is 9.04.